The van der Waals surface area contributed by atoms with Crippen LogP contribution < -0.4 is 0 Å². The molecule has 1 aromatic carbocycles. The molecule has 1 N–H and O–H groups in total. The van der Waals surface area contributed by atoms with Crippen molar-refractivity contribution in [2.45, 2.75) is 24.3 Å². The van der Waals surface area contributed by atoms with Crippen LogP contribution >= 0.6 is 11.8 Å². The Balaban J connectivity index is 1.73. The van der Waals surface area contributed by atoms with E-state index in [0.29, 0.717) is 18.8 Å². The number of benzene rings is 1. The first-order valence-corrected chi connectivity index (χ1v) is 7.69. The number of amides is 1. The molecule has 2 rings (SSSR count). The molecule has 0 unspecified atom stereocenters. The van der Waals surface area contributed by atoms with E-state index < -0.39 is 11.6 Å². The van der Waals surface area contributed by atoms with Gasteiger partial charge in [-0.3, -0.25) is 4.79 Å². The fraction of sp³-hybridized carbons (Fsp3) is 0.467. The number of carbonyl (C=O) groups excluding carboxylic acids is 1. The Hall–Kier alpha value is -1.53. The number of carboxylic acid groups (broad SMARTS) is 1. The maximum Gasteiger partial charge on any atom is 0.329 e. The molecular weight excluding hydrogens is 290 g/mol. The summed E-state index contributed by atoms with van der Waals surface area (Å²) in [5.74, 6) is -0.550. The molecule has 0 radical (unpaired) electrons. The average molecular weight is 309 g/mol. The van der Waals surface area contributed by atoms with Crippen molar-refractivity contribution in [3.63, 3.8) is 0 Å². The largest absolute Gasteiger partial charge is 0.480 e. The van der Waals surface area contributed by atoms with Gasteiger partial charge in [0.2, 0.25) is 5.91 Å². The molecule has 1 heterocycles. The zero-order valence-corrected chi connectivity index (χ0v) is 13.0. The highest BCUT2D eigenvalue weighted by atomic mass is 32.2. The van der Waals surface area contributed by atoms with E-state index in [1.165, 1.54) is 17.3 Å². The van der Waals surface area contributed by atoms with Gasteiger partial charge in [-0.15, -0.1) is 11.8 Å². The van der Waals surface area contributed by atoms with E-state index >= 15 is 0 Å². The van der Waals surface area contributed by atoms with E-state index in [1.807, 2.05) is 38.1 Å². The summed E-state index contributed by atoms with van der Waals surface area (Å²) in [7, 11) is 0. The molecule has 0 bridgehead atoms. The lowest BCUT2D eigenvalue weighted by Gasteiger charge is -2.47. The van der Waals surface area contributed by atoms with Crippen molar-refractivity contribution < 1.29 is 19.4 Å². The summed E-state index contributed by atoms with van der Waals surface area (Å²) in [4.78, 5) is 25.3. The number of nitrogens with zero attached hydrogens (tertiary/aromatic N) is 1. The number of hydrogen-bond acceptors (Lipinski definition) is 4. The number of aliphatic carboxylic acids is 1. The summed E-state index contributed by atoms with van der Waals surface area (Å²) in [5.41, 5.74) is 0.669. The summed E-state index contributed by atoms with van der Waals surface area (Å²) in [6, 6.07) is 8.05. The number of aryl methyl sites for hydroxylation is 1. The highest BCUT2D eigenvalue weighted by Gasteiger charge is 2.42. The fourth-order valence-electron chi connectivity index (χ4n) is 2.14. The van der Waals surface area contributed by atoms with Crippen LogP contribution in [0.2, 0.25) is 0 Å². The summed E-state index contributed by atoms with van der Waals surface area (Å²) < 4.78 is 5.28. The Bertz CT molecular complexity index is 523. The van der Waals surface area contributed by atoms with Gasteiger partial charge in [0.15, 0.2) is 0 Å². The standard InChI is InChI=1S/C15H19NO4S/c1-11-3-5-12(6-4-11)21-8-13(17)16-9-15(2,10-16)20-7-14(18)19/h3-6H,7-10H2,1-2H3,(H,18,19). The molecule has 5 nitrogen and oxygen atoms in total. The topological polar surface area (TPSA) is 66.8 Å². The van der Waals surface area contributed by atoms with Gasteiger partial charge >= 0.3 is 5.97 Å². The smallest absolute Gasteiger partial charge is 0.329 e. The van der Waals surface area contributed by atoms with E-state index in [4.69, 9.17) is 9.84 Å². The second kappa shape index (κ2) is 6.49. The molecule has 21 heavy (non-hydrogen) atoms. The van der Waals surface area contributed by atoms with E-state index in [1.54, 1.807) is 4.90 Å². The van der Waals surface area contributed by atoms with Crippen LogP contribution in [0.15, 0.2) is 29.2 Å². The molecule has 1 saturated heterocycles. The Labute approximate surface area is 128 Å². The number of ether oxygens (including phenoxy) is 1. The van der Waals surface area contributed by atoms with Crippen molar-refractivity contribution in [3.05, 3.63) is 29.8 Å². The Morgan fingerprint density at radius 1 is 1.33 bits per heavy atom. The molecule has 0 atom stereocenters. The lowest BCUT2D eigenvalue weighted by Crippen LogP contribution is -2.63. The zero-order chi connectivity index (χ0) is 15.5. The molecule has 1 amide bonds. The maximum atomic E-state index is 12.0. The second-order valence-electron chi connectivity index (χ2n) is 5.48. The van der Waals surface area contributed by atoms with E-state index in [9.17, 15) is 9.59 Å². The molecule has 0 spiro atoms. The van der Waals surface area contributed by atoms with Crippen molar-refractivity contribution in [1.82, 2.24) is 4.90 Å². The summed E-state index contributed by atoms with van der Waals surface area (Å²) in [5, 5.41) is 8.59. The van der Waals surface area contributed by atoms with Crippen LogP contribution in [0.4, 0.5) is 0 Å². The first-order chi connectivity index (χ1) is 9.88. The van der Waals surface area contributed by atoms with Crippen molar-refractivity contribution >= 4 is 23.6 Å². The third-order valence-corrected chi connectivity index (χ3v) is 4.33. The molecule has 1 aliphatic heterocycles. The van der Waals surface area contributed by atoms with Crippen LogP contribution in [0, 0.1) is 6.92 Å². The Morgan fingerprint density at radius 2 is 1.95 bits per heavy atom. The van der Waals surface area contributed by atoms with Crippen LogP contribution in [-0.2, 0) is 14.3 Å². The van der Waals surface area contributed by atoms with Gasteiger partial charge in [0.05, 0.1) is 18.8 Å². The zero-order valence-electron chi connectivity index (χ0n) is 12.2. The van der Waals surface area contributed by atoms with Gasteiger partial charge in [-0.05, 0) is 26.0 Å². The van der Waals surface area contributed by atoms with Crippen LogP contribution in [-0.4, -0.2) is 52.9 Å². The number of hydrogen-bond donors (Lipinski definition) is 1. The van der Waals surface area contributed by atoms with Gasteiger partial charge in [-0.1, -0.05) is 17.7 Å². The summed E-state index contributed by atoms with van der Waals surface area (Å²) >= 11 is 1.51. The Morgan fingerprint density at radius 3 is 2.52 bits per heavy atom. The molecule has 6 heteroatoms. The number of thioether (sulfide) groups is 1. The third-order valence-electron chi connectivity index (χ3n) is 3.33. The highest BCUT2D eigenvalue weighted by molar-refractivity contribution is 8.00. The van der Waals surface area contributed by atoms with Crippen LogP contribution in [0.5, 0.6) is 0 Å². The third kappa shape index (κ3) is 4.47. The molecule has 0 saturated carbocycles. The fourth-order valence-corrected chi connectivity index (χ4v) is 2.94. The van der Waals surface area contributed by atoms with E-state index in [2.05, 4.69) is 0 Å². The van der Waals surface area contributed by atoms with Gasteiger partial charge in [-0.2, -0.15) is 0 Å². The predicted octanol–water partition coefficient (Wildman–Crippen LogP) is 1.79. The monoisotopic (exact) mass is 309 g/mol. The van der Waals surface area contributed by atoms with Crippen LogP contribution in [0.3, 0.4) is 0 Å². The quantitative estimate of drug-likeness (QED) is 0.812. The van der Waals surface area contributed by atoms with E-state index in [-0.39, 0.29) is 12.5 Å². The first-order valence-electron chi connectivity index (χ1n) is 6.71. The number of likely N-dealkylation sites (tertiary alicyclic amines) is 1. The first kappa shape index (κ1) is 15.9. The molecule has 1 aromatic rings. The lowest BCUT2D eigenvalue weighted by atomic mass is 9.96. The van der Waals surface area contributed by atoms with Gasteiger partial charge in [0, 0.05) is 4.90 Å². The van der Waals surface area contributed by atoms with Crippen molar-refractivity contribution in [1.29, 1.82) is 0 Å². The molecule has 0 aromatic heterocycles. The highest BCUT2D eigenvalue weighted by Crippen LogP contribution is 2.26. The lowest BCUT2D eigenvalue weighted by molar-refractivity contribution is -0.171. The SMILES string of the molecule is Cc1ccc(SCC(=O)N2CC(C)(OCC(=O)O)C2)cc1. The number of carbonyl (C=O) groups is 2. The normalized spacial score (nSPS) is 16.4. The van der Waals surface area contributed by atoms with E-state index in [0.717, 1.165) is 4.90 Å². The van der Waals surface area contributed by atoms with Gasteiger partial charge < -0.3 is 14.7 Å². The second-order valence-corrected chi connectivity index (χ2v) is 6.53. The number of rotatable bonds is 6. The van der Waals surface area contributed by atoms with Crippen LogP contribution in [0.25, 0.3) is 0 Å². The van der Waals surface area contributed by atoms with Crippen molar-refractivity contribution in [3.8, 4) is 0 Å². The number of carboxylic acids is 1. The van der Waals surface area contributed by atoms with Gasteiger partial charge in [0.25, 0.3) is 0 Å². The van der Waals surface area contributed by atoms with Crippen molar-refractivity contribution in [2.75, 3.05) is 25.4 Å². The Kier molecular flexibility index (Phi) is 4.90. The molecule has 1 fully saturated rings. The molecular formula is C15H19NO4S. The van der Waals surface area contributed by atoms with Crippen molar-refractivity contribution in [2.24, 2.45) is 0 Å². The average Bonchev–Trinajstić information content (AvgIpc) is 2.41. The molecule has 114 valence electrons. The minimum atomic E-state index is -0.990. The minimum Gasteiger partial charge on any atom is -0.480 e. The summed E-state index contributed by atoms with van der Waals surface area (Å²) in [6.45, 7) is 4.43. The van der Waals surface area contributed by atoms with Gasteiger partial charge in [-0.25, -0.2) is 4.79 Å². The van der Waals surface area contributed by atoms with Crippen LogP contribution in [0.1, 0.15) is 12.5 Å². The minimum absolute atomic E-state index is 0.0528. The van der Waals surface area contributed by atoms with Gasteiger partial charge in [0.1, 0.15) is 12.2 Å². The predicted molar refractivity (Wildman–Crippen MR) is 80.5 cm³/mol. The molecule has 0 aliphatic carbocycles. The molecule has 1 aliphatic rings. The summed E-state index contributed by atoms with van der Waals surface area (Å²) in [6.07, 6.45) is 0. The maximum absolute atomic E-state index is 12.0.